The number of phenolic OH excluding ortho intramolecular Hbond substituents is 1. The number of rotatable bonds is 2. The number of hydrazone groups is 1. The molecule has 1 aromatic rings. The van der Waals surface area contributed by atoms with E-state index in [1.54, 1.807) is 12.1 Å². The lowest BCUT2D eigenvalue weighted by molar-refractivity contribution is 0.0952. The number of aromatic hydroxyl groups is 1. The first kappa shape index (κ1) is 13.1. The molecule has 0 radical (unpaired) electrons. The molecule has 0 bridgehead atoms. The number of nitrogens with zero attached hydrogens (tertiary/aromatic N) is 1. The number of carbonyl (C=O) groups is 1. The van der Waals surface area contributed by atoms with Crippen LogP contribution in [0.4, 0.5) is 0 Å². The molecule has 0 unspecified atom stereocenters. The predicted octanol–water partition coefficient (Wildman–Crippen LogP) is 3.20. The van der Waals surface area contributed by atoms with E-state index in [-0.39, 0.29) is 17.2 Å². The molecule has 0 atom stereocenters. The molecule has 1 aliphatic rings. The molecule has 0 aromatic heterocycles. The van der Waals surface area contributed by atoms with Gasteiger partial charge in [-0.2, -0.15) is 5.10 Å². The van der Waals surface area contributed by atoms with Gasteiger partial charge in [-0.15, -0.1) is 0 Å². The maximum atomic E-state index is 11.8. The number of halogens is 1. The monoisotopic (exact) mass is 310 g/mol. The Hall–Kier alpha value is -1.36. The molecule has 1 saturated carbocycles. The van der Waals surface area contributed by atoms with Crippen molar-refractivity contribution >= 4 is 27.5 Å². The first-order chi connectivity index (χ1) is 8.66. The summed E-state index contributed by atoms with van der Waals surface area (Å²) in [5.74, 6) is -0.427. The standard InChI is InChI=1S/C13H15BrN2O2/c14-9-6-7-11(12(17)8-9)13(18)16-15-10-4-2-1-3-5-10/h6-8,17H,1-5H2,(H,16,18). The Morgan fingerprint density at radius 3 is 2.67 bits per heavy atom. The smallest absolute Gasteiger partial charge is 0.275 e. The Morgan fingerprint density at radius 1 is 1.28 bits per heavy atom. The zero-order valence-corrected chi connectivity index (χ0v) is 11.5. The fourth-order valence-electron chi connectivity index (χ4n) is 1.96. The van der Waals surface area contributed by atoms with E-state index in [1.807, 2.05) is 0 Å². The van der Waals surface area contributed by atoms with E-state index in [1.165, 1.54) is 12.5 Å². The molecule has 0 saturated heterocycles. The van der Waals surface area contributed by atoms with Gasteiger partial charge in [0.25, 0.3) is 5.91 Å². The van der Waals surface area contributed by atoms with Crippen LogP contribution in [0.1, 0.15) is 42.5 Å². The van der Waals surface area contributed by atoms with Crippen LogP contribution in [0.25, 0.3) is 0 Å². The van der Waals surface area contributed by atoms with Crippen molar-refractivity contribution < 1.29 is 9.90 Å². The molecule has 4 nitrogen and oxygen atoms in total. The van der Waals surface area contributed by atoms with E-state index in [0.717, 1.165) is 35.9 Å². The van der Waals surface area contributed by atoms with Crippen LogP contribution in [0, 0.1) is 0 Å². The number of hydrogen-bond acceptors (Lipinski definition) is 3. The molecule has 1 aromatic carbocycles. The third-order valence-corrected chi connectivity index (χ3v) is 3.44. The summed E-state index contributed by atoms with van der Waals surface area (Å²) in [7, 11) is 0. The highest BCUT2D eigenvalue weighted by Gasteiger charge is 2.12. The van der Waals surface area contributed by atoms with Gasteiger partial charge in [0.05, 0.1) is 5.56 Å². The SMILES string of the molecule is O=C(NN=C1CCCCC1)c1ccc(Br)cc1O. The molecule has 0 spiro atoms. The van der Waals surface area contributed by atoms with E-state index in [9.17, 15) is 9.90 Å². The highest BCUT2D eigenvalue weighted by Crippen LogP contribution is 2.22. The molecule has 1 amide bonds. The van der Waals surface area contributed by atoms with Gasteiger partial charge in [-0.1, -0.05) is 22.4 Å². The summed E-state index contributed by atoms with van der Waals surface area (Å²) in [6.45, 7) is 0. The van der Waals surface area contributed by atoms with Gasteiger partial charge in [-0.3, -0.25) is 4.79 Å². The Morgan fingerprint density at radius 2 is 2.00 bits per heavy atom. The van der Waals surface area contributed by atoms with Crippen LogP contribution in [0.15, 0.2) is 27.8 Å². The molecule has 5 heteroatoms. The van der Waals surface area contributed by atoms with E-state index in [4.69, 9.17) is 0 Å². The lowest BCUT2D eigenvalue weighted by Gasteiger charge is -2.12. The van der Waals surface area contributed by atoms with E-state index < -0.39 is 0 Å². The van der Waals surface area contributed by atoms with E-state index >= 15 is 0 Å². The molecule has 0 heterocycles. The van der Waals surface area contributed by atoms with Gasteiger partial charge >= 0.3 is 0 Å². The Bertz CT molecular complexity index is 478. The van der Waals surface area contributed by atoms with Crippen LogP contribution in [0.5, 0.6) is 5.75 Å². The third kappa shape index (κ3) is 3.32. The number of amides is 1. The van der Waals surface area contributed by atoms with Gasteiger partial charge in [0.2, 0.25) is 0 Å². The molecule has 2 N–H and O–H groups in total. The first-order valence-electron chi connectivity index (χ1n) is 6.01. The lowest BCUT2D eigenvalue weighted by atomic mass is 9.99. The number of benzene rings is 1. The second-order valence-electron chi connectivity index (χ2n) is 4.34. The Balaban J connectivity index is 2.03. The molecule has 0 aliphatic heterocycles. The van der Waals surface area contributed by atoms with Crippen LogP contribution in [0.2, 0.25) is 0 Å². The molecule has 18 heavy (non-hydrogen) atoms. The molecular weight excluding hydrogens is 296 g/mol. The Kier molecular flexibility index (Phi) is 4.36. The third-order valence-electron chi connectivity index (χ3n) is 2.95. The summed E-state index contributed by atoms with van der Waals surface area (Å²) in [4.78, 5) is 11.8. The average molecular weight is 311 g/mol. The van der Waals surface area contributed by atoms with Crippen molar-refractivity contribution in [2.75, 3.05) is 0 Å². The summed E-state index contributed by atoms with van der Waals surface area (Å²) >= 11 is 3.23. The number of hydrogen-bond donors (Lipinski definition) is 2. The number of nitrogens with one attached hydrogen (secondary N) is 1. The molecule has 1 aliphatic carbocycles. The van der Waals surface area contributed by atoms with Crippen LogP contribution in [-0.2, 0) is 0 Å². The second-order valence-corrected chi connectivity index (χ2v) is 5.26. The van der Waals surface area contributed by atoms with Crippen LogP contribution in [0.3, 0.4) is 0 Å². The van der Waals surface area contributed by atoms with Gasteiger partial charge in [-0.05, 0) is 43.9 Å². The molecule has 1 fully saturated rings. The number of phenols is 1. The van der Waals surface area contributed by atoms with Gasteiger partial charge in [0, 0.05) is 10.2 Å². The van der Waals surface area contributed by atoms with E-state index in [0.29, 0.717) is 0 Å². The maximum absolute atomic E-state index is 11.8. The Labute approximate surface area is 114 Å². The minimum atomic E-state index is -0.377. The van der Waals surface area contributed by atoms with Crippen molar-refractivity contribution in [2.45, 2.75) is 32.1 Å². The summed E-state index contributed by atoms with van der Waals surface area (Å²) in [6.07, 6.45) is 5.41. The quantitative estimate of drug-likeness (QED) is 0.824. The molecule has 2 rings (SSSR count). The van der Waals surface area contributed by atoms with Crippen LogP contribution in [-0.4, -0.2) is 16.7 Å². The minimum Gasteiger partial charge on any atom is -0.507 e. The highest BCUT2D eigenvalue weighted by atomic mass is 79.9. The maximum Gasteiger partial charge on any atom is 0.275 e. The lowest BCUT2D eigenvalue weighted by Crippen LogP contribution is -2.20. The van der Waals surface area contributed by atoms with E-state index in [2.05, 4.69) is 26.5 Å². The zero-order valence-electron chi connectivity index (χ0n) is 9.95. The molecule has 96 valence electrons. The minimum absolute atomic E-state index is 0.0503. The van der Waals surface area contributed by atoms with Gasteiger partial charge in [-0.25, -0.2) is 5.43 Å². The molecular formula is C13H15BrN2O2. The highest BCUT2D eigenvalue weighted by molar-refractivity contribution is 9.10. The second kappa shape index (κ2) is 6.00. The van der Waals surface area contributed by atoms with Crippen molar-refractivity contribution in [3.63, 3.8) is 0 Å². The summed E-state index contributed by atoms with van der Waals surface area (Å²) < 4.78 is 0.732. The fraction of sp³-hybridized carbons (Fsp3) is 0.385. The van der Waals surface area contributed by atoms with Crippen LogP contribution < -0.4 is 5.43 Å². The van der Waals surface area contributed by atoms with Crippen molar-refractivity contribution in [2.24, 2.45) is 5.10 Å². The van der Waals surface area contributed by atoms with Gasteiger partial charge < -0.3 is 5.11 Å². The first-order valence-corrected chi connectivity index (χ1v) is 6.80. The van der Waals surface area contributed by atoms with Crippen molar-refractivity contribution in [3.8, 4) is 5.75 Å². The topological polar surface area (TPSA) is 61.7 Å². The average Bonchev–Trinajstić information content (AvgIpc) is 2.37. The van der Waals surface area contributed by atoms with Crippen molar-refractivity contribution in [1.82, 2.24) is 5.43 Å². The van der Waals surface area contributed by atoms with Gasteiger partial charge in [0.1, 0.15) is 5.75 Å². The largest absolute Gasteiger partial charge is 0.507 e. The number of carbonyl (C=O) groups excluding carboxylic acids is 1. The van der Waals surface area contributed by atoms with Crippen LogP contribution >= 0.6 is 15.9 Å². The van der Waals surface area contributed by atoms with Gasteiger partial charge in [0.15, 0.2) is 0 Å². The summed E-state index contributed by atoms with van der Waals surface area (Å²) in [5.41, 5.74) is 3.77. The normalized spacial score (nSPS) is 15.3. The van der Waals surface area contributed by atoms with Crippen molar-refractivity contribution in [3.05, 3.63) is 28.2 Å². The summed E-state index contributed by atoms with van der Waals surface area (Å²) in [5, 5.41) is 13.8. The zero-order chi connectivity index (χ0) is 13.0. The predicted molar refractivity (Wildman–Crippen MR) is 73.8 cm³/mol. The summed E-state index contributed by atoms with van der Waals surface area (Å²) in [6, 6.07) is 4.76. The van der Waals surface area contributed by atoms with Crippen molar-refractivity contribution in [1.29, 1.82) is 0 Å². The fourth-order valence-corrected chi connectivity index (χ4v) is 2.31.